The number of benzene rings is 2. The molecule has 0 aliphatic rings. The average molecular weight is 271 g/mol. The van der Waals surface area contributed by atoms with E-state index < -0.39 is 0 Å². The van der Waals surface area contributed by atoms with Crippen molar-refractivity contribution in [1.29, 1.82) is 0 Å². The van der Waals surface area contributed by atoms with Gasteiger partial charge in [0.25, 0.3) is 0 Å². The Labute approximate surface area is 117 Å². The maximum atomic E-state index is 11.5. The smallest absolute Gasteiger partial charge is 0.181 e. The molecule has 0 atom stereocenters. The monoisotopic (exact) mass is 271 g/mol. The van der Waals surface area contributed by atoms with Gasteiger partial charge in [0.15, 0.2) is 17.3 Å². The predicted octanol–water partition coefficient (Wildman–Crippen LogP) is 2.96. The number of phenols is 2. The molecule has 0 saturated heterocycles. The van der Waals surface area contributed by atoms with Crippen LogP contribution >= 0.6 is 0 Å². The van der Waals surface area contributed by atoms with Crippen LogP contribution in [0.1, 0.15) is 22.8 Å². The zero-order valence-corrected chi connectivity index (χ0v) is 11.3. The van der Waals surface area contributed by atoms with E-state index in [1.807, 2.05) is 30.3 Å². The van der Waals surface area contributed by atoms with Crippen LogP contribution in [0, 0.1) is 0 Å². The first-order valence-electron chi connectivity index (χ1n) is 6.43. The fourth-order valence-corrected chi connectivity index (χ4v) is 2.03. The fourth-order valence-electron chi connectivity index (χ4n) is 2.03. The van der Waals surface area contributed by atoms with E-state index in [2.05, 4.69) is 5.32 Å². The topological polar surface area (TPSA) is 69.6 Å². The fraction of sp³-hybridized carbons (Fsp3) is 0.188. The van der Waals surface area contributed by atoms with Crippen LogP contribution in [0.15, 0.2) is 42.5 Å². The molecule has 3 N–H and O–H groups in total. The summed E-state index contributed by atoms with van der Waals surface area (Å²) in [5.41, 5.74) is 1.81. The molecule has 4 heteroatoms. The van der Waals surface area contributed by atoms with Gasteiger partial charge in [0.1, 0.15) is 0 Å². The van der Waals surface area contributed by atoms with E-state index in [-0.39, 0.29) is 23.0 Å². The summed E-state index contributed by atoms with van der Waals surface area (Å²) in [5.74, 6) is -0.689. The molecule has 2 aromatic rings. The SMILES string of the molecule is CC(=O)c1ccc(O)c(O)c1NCCc1ccccc1. The first-order valence-corrected chi connectivity index (χ1v) is 6.43. The van der Waals surface area contributed by atoms with E-state index in [9.17, 15) is 15.0 Å². The van der Waals surface area contributed by atoms with Crippen LogP contribution in [0.3, 0.4) is 0 Å². The summed E-state index contributed by atoms with van der Waals surface area (Å²) < 4.78 is 0. The molecule has 0 amide bonds. The molecule has 104 valence electrons. The van der Waals surface area contributed by atoms with Gasteiger partial charge in [-0.25, -0.2) is 0 Å². The molecular formula is C16H17NO3. The highest BCUT2D eigenvalue weighted by atomic mass is 16.3. The predicted molar refractivity (Wildman–Crippen MR) is 78.4 cm³/mol. The van der Waals surface area contributed by atoms with Crippen molar-refractivity contribution in [3.8, 4) is 11.5 Å². The molecule has 0 aromatic heterocycles. The lowest BCUT2D eigenvalue weighted by Gasteiger charge is -2.13. The van der Waals surface area contributed by atoms with E-state index in [1.54, 1.807) is 0 Å². The summed E-state index contributed by atoms with van der Waals surface area (Å²) in [6.45, 7) is 1.98. The minimum atomic E-state index is -0.286. The molecule has 0 bridgehead atoms. The minimum Gasteiger partial charge on any atom is -0.504 e. The zero-order valence-electron chi connectivity index (χ0n) is 11.3. The second-order valence-corrected chi connectivity index (χ2v) is 4.57. The number of carbonyl (C=O) groups excluding carboxylic acids is 1. The van der Waals surface area contributed by atoms with Crippen LogP contribution < -0.4 is 5.32 Å². The van der Waals surface area contributed by atoms with Crippen LogP contribution in [0.4, 0.5) is 5.69 Å². The van der Waals surface area contributed by atoms with Crippen LogP contribution in [-0.4, -0.2) is 22.5 Å². The Hall–Kier alpha value is -2.49. The van der Waals surface area contributed by atoms with Crippen LogP contribution in [-0.2, 0) is 6.42 Å². The van der Waals surface area contributed by atoms with E-state index in [1.165, 1.54) is 19.1 Å². The van der Waals surface area contributed by atoms with Gasteiger partial charge in [-0.2, -0.15) is 0 Å². The van der Waals surface area contributed by atoms with Gasteiger partial charge in [-0.3, -0.25) is 4.79 Å². The van der Waals surface area contributed by atoms with Gasteiger partial charge in [0, 0.05) is 12.1 Å². The molecule has 20 heavy (non-hydrogen) atoms. The highest BCUT2D eigenvalue weighted by Crippen LogP contribution is 2.36. The second-order valence-electron chi connectivity index (χ2n) is 4.57. The molecule has 0 heterocycles. The molecule has 2 rings (SSSR count). The number of aromatic hydroxyl groups is 2. The van der Waals surface area contributed by atoms with Crippen molar-refractivity contribution in [3.05, 3.63) is 53.6 Å². The number of nitrogens with one attached hydrogen (secondary N) is 1. The number of hydrogen-bond donors (Lipinski definition) is 3. The van der Waals surface area contributed by atoms with Crippen molar-refractivity contribution >= 4 is 11.5 Å². The zero-order chi connectivity index (χ0) is 14.5. The lowest BCUT2D eigenvalue weighted by atomic mass is 10.1. The Balaban J connectivity index is 2.12. The van der Waals surface area contributed by atoms with Gasteiger partial charge in [-0.15, -0.1) is 0 Å². The first kappa shape index (κ1) is 13.9. The van der Waals surface area contributed by atoms with Gasteiger partial charge >= 0.3 is 0 Å². The van der Waals surface area contributed by atoms with Gasteiger partial charge < -0.3 is 15.5 Å². The summed E-state index contributed by atoms with van der Waals surface area (Å²) in [6.07, 6.45) is 0.757. The number of Topliss-reactive ketones (excluding diaryl/α,β-unsaturated/α-hetero) is 1. The molecule has 0 spiro atoms. The van der Waals surface area contributed by atoms with Gasteiger partial charge in [-0.05, 0) is 31.0 Å². The summed E-state index contributed by atoms with van der Waals surface area (Å²) >= 11 is 0. The van der Waals surface area contributed by atoms with Crippen LogP contribution in [0.2, 0.25) is 0 Å². The molecule has 0 aliphatic heterocycles. The molecule has 2 aromatic carbocycles. The van der Waals surface area contributed by atoms with E-state index >= 15 is 0 Å². The summed E-state index contributed by atoms with van der Waals surface area (Å²) in [7, 11) is 0. The normalized spacial score (nSPS) is 10.2. The Bertz CT molecular complexity index is 609. The van der Waals surface area contributed by atoms with Crippen molar-refractivity contribution in [3.63, 3.8) is 0 Å². The third kappa shape index (κ3) is 3.09. The summed E-state index contributed by atoms with van der Waals surface area (Å²) in [4.78, 5) is 11.5. The molecule has 0 radical (unpaired) electrons. The number of ketones is 1. The largest absolute Gasteiger partial charge is 0.504 e. The molecule has 0 aliphatic carbocycles. The average Bonchev–Trinajstić information content (AvgIpc) is 2.44. The molecule has 0 unspecified atom stereocenters. The molecule has 0 saturated carbocycles. The van der Waals surface area contributed by atoms with E-state index in [4.69, 9.17) is 0 Å². The highest BCUT2D eigenvalue weighted by molar-refractivity contribution is 6.01. The maximum Gasteiger partial charge on any atom is 0.181 e. The number of hydrogen-bond acceptors (Lipinski definition) is 4. The number of carbonyl (C=O) groups is 1. The lowest BCUT2D eigenvalue weighted by Crippen LogP contribution is -2.09. The van der Waals surface area contributed by atoms with Crippen molar-refractivity contribution in [1.82, 2.24) is 0 Å². The second kappa shape index (κ2) is 6.10. The van der Waals surface area contributed by atoms with Crippen molar-refractivity contribution < 1.29 is 15.0 Å². The van der Waals surface area contributed by atoms with E-state index in [0.717, 1.165) is 12.0 Å². The summed E-state index contributed by atoms with van der Waals surface area (Å²) in [5, 5.41) is 22.4. The quantitative estimate of drug-likeness (QED) is 0.577. The summed E-state index contributed by atoms with van der Waals surface area (Å²) in [6, 6.07) is 12.7. The van der Waals surface area contributed by atoms with Crippen molar-refractivity contribution in [2.24, 2.45) is 0 Å². The standard InChI is InChI=1S/C16H17NO3/c1-11(18)13-7-8-14(19)16(20)15(13)17-10-9-12-5-3-2-4-6-12/h2-8,17,19-20H,9-10H2,1H3. The molecular weight excluding hydrogens is 254 g/mol. The Morgan fingerprint density at radius 2 is 1.80 bits per heavy atom. The van der Waals surface area contributed by atoms with Crippen LogP contribution in [0.5, 0.6) is 11.5 Å². The van der Waals surface area contributed by atoms with E-state index in [0.29, 0.717) is 12.1 Å². The van der Waals surface area contributed by atoms with Crippen molar-refractivity contribution in [2.75, 3.05) is 11.9 Å². The Morgan fingerprint density at radius 1 is 1.10 bits per heavy atom. The van der Waals surface area contributed by atoms with Gasteiger partial charge in [0.2, 0.25) is 0 Å². The Morgan fingerprint density at radius 3 is 2.45 bits per heavy atom. The highest BCUT2D eigenvalue weighted by Gasteiger charge is 2.14. The minimum absolute atomic E-state index is 0.164. The lowest BCUT2D eigenvalue weighted by molar-refractivity contribution is 0.101. The molecule has 0 fully saturated rings. The number of anilines is 1. The third-order valence-corrected chi connectivity index (χ3v) is 3.09. The number of phenolic OH excluding ortho intramolecular Hbond substituents is 2. The van der Waals surface area contributed by atoms with Gasteiger partial charge in [-0.1, -0.05) is 30.3 Å². The molecule has 4 nitrogen and oxygen atoms in total. The van der Waals surface area contributed by atoms with Crippen molar-refractivity contribution in [2.45, 2.75) is 13.3 Å². The number of rotatable bonds is 5. The maximum absolute atomic E-state index is 11.5. The Kier molecular flexibility index (Phi) is 4.25. The third-order valence-electron chi connectivity index (χ3n) is 3.09. The first-order chi connectivity index (χ1) is 9.59. The van der Waals surface area contributed by atoms with Crippen LogP contribution in [0.25, 0.3) is 0 Å². The van der Waals surface area contributed by atoms with Gasteiger partial charge in [0.05, 0.1) is 5.69 Å².